The minimum Gasteiger partial charge on any atom is -0.453 e. The van der Waals surface area contributed by atoms with Gasteiger partial charge in [-0.3, -0.25) is 5.32 Å². The van der Waals surface area contributed by atoms with E-state index in [9.17, 15) is 4.79 Å². The molecule has 3 aromatic rings. The molecule has 10 heteroatoms. The van der Waals surface area contributed by atoms with Gasteiger partial charge in [-0.2, -0.15) is 10.1 Å². The van der Waals surface area contributed by atoms with Gasteiger partial charge in [-0.1, -0.05) is 6.07 Å². The van der Waals surface area contributed by atoms with Crippen LogP contribution in [-0.2, 0) is 9.47 Å². The number of pyridine rings is 1. The summed E-state index contributed by atoms with van der Waals surface area (Å²) < 4.78 is 11.8. The second kappa shape index (κ2) is 8.46. The van der Waals surface area contributed by atoms with Crippen LogP contribution in [0.1, 0.15) is 11.4 Å². The van der Waals surface area contributed by atoms with Gasteiger partial charge < -0.3 is 14.4 Å². The zero-order valence-corrected chi connectivity index (χ0v) is 17.1. The Bertz CT molecular complexity index is 1060. The Morgan fingerprint density at radius 3 is 2.60 bits per heavy atom. The number of nitrogens with one attached hydrogen (secondary N) is 1. The minimum atomic E-state index is -0.617. The first-order chi connectivity index (χ1) is 14.5. The molecule has 4 heterocycles. The average Bonchev–Trinajstić information content (AvgIpc) is 3.12. The molecular weight excluding hydrogens is 386 g/mol. The molecule has 0 spiro atoms. The predicted molar refractivity (Wildman–Crippen MR) is 111 cm³/mol. The smallest absolute Gasteiger partial charge is 0.412 e. The number of ether oxygens (including phenoxy) is 2. The van der Waals surface area contributed by atoms with E-state index in [1.165, 1.54) is 7.11 Å². The molecule has 1 N–H and O–H groups in total. The van der Waals surface area contributed by atoms with E-state index >= 15 is 0 Å². The Hall–Kier alpha value is -3.53. The summed E-state index contributed by atoms with van der Waals surface area (Å²) in [6.45, 7) is 6.73. The van der Waals surface area contributed by atoms with Gasteiger partial charge in [-0.05, 0) is 32.0 Å². The van der Waals surface area contributed by atoms with Crippen molar-refractivity contribution in [2.75, 3.05) is 43.6 Å². The maximum absolute atomic E-state index is 11.8. The van der Waals surface area contributed by atoms with E-state index in [0.717, 1.165) is 30.3 Å². The Morgan fingerprint density at radius 2 is 1.90 bits per heavy atom. The maximum Gasteiger partial charge on any atom is 0.412 e. The Kier molecular flexibility index (Phi) is 5.57. The molecule has 1 aliphatic rings. The molecule has 3 aromatic heterocycles. The molecule has 156 valence electrons. The first-order valence-electron chi connectivity index (χ1n) is 9.61. The molecule has 0 bridgehead atoms. The largest absolute Gasteiger partial charge is 0.453 e. The molecule has 1 amide bonds. The highest BCUT2D eigenvalue weighted by atomic mass is 16.5. The van der Waals surface area contributed by atoms with Gasteiger partial charge in [0, 0.05) is 24.8 Å². The van der Waals surface area contributed by atoms with Crippen molar-refractivity contribution in [1.29, 1.82) is 0 Å². The highest BCUT2D eigenvalue weighted by Gasteiger charge is 2.16. The summed E-state index contributed by atoms with van der Waals surface area (Å²) in [5.74, 6) is 1.49. The number of morpholine rings is 1. The number of rotatable bonds is 4. The van der Waals surface area contributed by atoms with Crippen LogP contribution in [-0.4, -0.2) is 64.2 Å². The molecule has 10 nitrogen and oxygen atoms in total. The fraction of sp³-hybridized carbons (Fsp3) is 0.350. The number of carbonyl (C=O) groups excluding carboxylic acids is 1. The summed E-state index contributed by atoms with van der Waals surface area (Å²) in [4.78, 5) is 27.8. The van der Waals surface area contributed by atoms with Crippen LogP contribution in [0.25, 0.3) is 17.3 Å². The van der Waals surface area contributed by atoms with Gasteiger partial charge in [-0.15, -0.1) is 0 Å². The van der Waals surface area contributed by atoms with E-state index < -0.39 is 6.09 Å². The van der Waals surface area contributed by atoms with Crippen molar-refractivity contribution in [3.05, 3.63) is 41.7 Å². The summed E-state index contributed by atoms with van der Waals surface area (Å²) >= 11 is 0. The third-order valence-electron chi connectivity index (χ3n) is 4.66. The summed E-state index contributed by atoms with van der Waals surface area (Å²) in [6, 6.07) is 9.37. The average molecular weight is 409 g/mol. The van der Waals surface area contributed by atoms with Gasteiger partial charge >= 0.3 is 6.09 Å². The molecule has 1 fully saturated rings. The number of aromatic nitrogens is 5. The molecule has 0 radical (unpaired) electrons. The third kappa shape index (κ3) is 4.23. The van der Waals surface area contributed by atoms with Crippen molar-refractivity contribution in [3.8, 4) is 17.3 Å². The quantitative estimate of drug-likeness (QED) is 0.700. The Morgan fingerprint density at radius 1 is 1.10 bits per heavy atom. The van der Waals surface area contributed by atoms with Crippen LogP contribution in [0.2, 0.25) is 0 Å². The van der Waals surface area contributed by atoms with Gasteiger partial charge in [0.2, 0.25) is 0 Å². The number of hydrogen-bond donors (Lipinski definition) is 1. The summed E-state index contributed by atoms with van der Waals surface area (Å²) in [5, 5.41) is 7.06. The normalized spacial score (nSPS) is 13.9. The van der Waals surface area contributed by atoms with E-state index in [4.69, 9.17) is 14.5 Å². The van der Waals surface area contributed by atoms with Crippen LogP contribution in [0.4, 0.5) is 16.4 Å². The molecule has 30 heavy (non-hydrogen) atoms. The van der Waals surface area contributed by atoms with Gasteiger partial charge in [0.25, 0.3) is 5.95 Å². The van der Waals surface area contributed by atoms with E-state index in [1.54, 1.807) is 10.7 Å². The van der Waals surface area contributed by atoms with Gasteiger partial charge in [0.05, 0.1) is 37.4 Å². The highest BCUT2D eigenvalue weighted by molar-refractivity contribution is 5.84. The van der Waals surface area contributed by atoms with Crippen LogP contribution in [0.5, 0.6) is 0 Å². The number of methoxy groups -OCH3 is 1. The maximum atomic E-state index is 11.8. The van der Waals surface area contributed by atoms with Crippen molar-refractivity contribution < 1.29 is 14.3 Å². The summed E-state index contributed by atoms with van der Waals surface area (Å²) in [6.07, 6.45) is -0.617. The van der Waals surface area contributed by atoms with E-state index in [2.05, 4.69) is 25.3 Å². The number of hydrogen-bond acceptors (Lipinski definition) is 8. The SMILES string of the molecule is COC(=O)Nc1cc(-c2cccc(N3CCOCC3)n2)nc(-n2nc(C)cc2C)n1. The monoisotopic (exact) mass is 409 g/mol. The van der Waals surface area contributed by atoms with Crippen LogP contribution >= 0.6 is 0 Å². The topological polar surface area (TPSA) is 107 Å². The van der Waals surface area contributed by atoms with Crippen LogP contribution in [0.15, 0.2) is 30.3 Å². The number of anilines is 2. The lowest BCUT2D eigenvalue weighted by Gasteiger charge is -2.28. The second-order valence-electron chi connectivity index (χ2n) is 6.87. The molecule has 1 aliphatic heterocycles. The number of aryl methyl sites for hydroxylation is 2. The number of amides is 1. The van der Waals surface area contributed by atoms with E-state index in [1.807, 2.05) is 38.1 Å². The van der Waals surface area contributed by atoms with E-state index in [0.29, 0.717) is 36.4 Å². The van der Waals surface area contributed by atoms with Crippen molar-refractivity contribution in [1.82, 2.24) is 24.7 Å². The molecule has 0 saturated carbocycles. The van der Waals surface area contributed by atoms with Crippen LogP contribution in [0.3, 0.4) is 0 Å². The van der Waals surface area contributed by atoms with Crippen molar-refractivity contribution >= 4 is 17.7 Å². The first kappa shape index (κ1) is 19.8. The van der Waals surface area contributed by atoms with Crippen molar-refractivity contribution in [3.63, 3.8) is 0 Å². The predicted octanol–water partition coefficient (Wildman–Crippen LogP) is 2.36. The first-order valence-corrected chi connectivity index (χ1v) is 9.61. The minimum absolute atomic E-state index is 0.299. The molecule has 0 aromatic carbocycles. The summed E-state index contributed by atoms with van der Waals surface area (Å²) in [7, 11) is 1.30. The lowest BCUT2D eigenvalue weighted by atomic mass is 10.2. The Balaban J connectivity index is 1.76. The Labute approximate surface area is 173 Å². The van der Waals surface area contributed by atoms with Gasteiger partial charge in [0.15, 0.2) is 0 Å². The number of nitrogens with zero attached hydrogens (tertiary/aromatic N) is 6. The van der Waals surface area contributed by atoms with Gasteiger partial charge in [-0.25, -0.2) is 19.4 Å². The van der Waals surface area contributed by atoms with Gasteiger partial charge in [0.1, 0.15) is 11.6 Å². The fourth-order valence-corrected chi connectivity index (χ4v) is 3.25. The van der Waals surface area contributed by atoms with Crippen LogP contribution in [0, 0.1) is 13.8 Å². The third-order valence-corrected chi connectivity index (χ3v) is 4.66. The highest BCUT2D eigenvalue weighted by Crippen LogP contribution is 2.23. The molecule has 0 aliphatic carbocycles. The molecule has 4 rings (SSSR count). The van der Waals surface area contributed by atoms with Crippen molar-refractivity contribution in [2.45, 2.75) is 13.8 Å². The second-order valence-corrected chi connectivity index (χ2v) is 6.87. The molecule has 0 atom stereocenters. The van der Waals surface area contributed by atoms with Crippen molar-refractivity contribution in [2.24, 2.45) is 0 Å². The van der Waals surface area contributed by atoms with E-state index in [-0.39, 0.29) is 0 Å². The zero-order valence-electron chi connectivity index (χ0n) is 17.1. The molecule has 0 unspecified atom stereocenters. The molecule has 1 saturated heterocycles. The fourth-order valence-electron chi connectivity index (χ4n) is 3.25. The standard InChI is InChI=1S/C20H23N7O3/c1-13-11-14(2)27(25-13)19-22-16(12-17(23-19)24-20(28)29-3)15-5-4-6-18(21-15)26-7-9-30-10-8-26/h4-6,11-12H,7-10H2,1-3H3,(H,22,23,24,28). The lowest BCUT2D eigenvalue weighted by Crippen LogP contribution is -2.36. The van der Waals surface area contributed by atoms with Crippen LogP contribution < -0.4 is 10.2 Å². The lowest BCUT2D eigenvalue weighted by molar-refractivity contribution is 0.122. The summed E-state index contributed by atoms with van der Waals surface area (Å²) in [5.41, 5.74) is 2.95. The number of carbonyl (C=O) groups is 1. The zero-order chi connectivity index (χ0) is 21.1. The molecular formula is C20H23N7O3.